The minimum atomic E-state index is -2.33. The Labute approximate surface area is 243 Å². The Kier molecular flexibility index (Phi) is 25.4. The minimum Gasteiger partial charge on any atom is -0.652 e. The normalized spacial score (nSPS) is 7.56. The summed E-state index contributed by atoms with van der Waals surface area (Å²) in [6.45, 7) is 0. The number of rotatable bonds is 0. The molecular formula is C19H18K2O6. The van der Waals surface area contributed by atoms with Crippen LogP contribution in [0.3, 0.4) is 0 Å². The average molecular weight is 421 g/mol. The van der Waals surface area contributed by atoms with E-state index in [0.29, 0.717) is 17.2 Å². The van der Waals surface area contributed by atoms with Crippen LogP contribution in [0.25, 0.3) is 0 Å². The van der Waals surface area contributed by atoms with Crippen molar-refractivity contribution in [3.63, 3.8) is 0 Å². The van der Waals surface area contributed by atoms with Crippen molar-refractivity contribution in [3.8, 4) is 17.2 Å². The van der Waals surface area contributed by atoms with E-state index in [9.17, 15) is 0 Å². The van der Waals surface area contributed by atoms with E-state index < -0.39 is 6.16 Å². The molecule has 3 N–H and O–H groups in total. The molecule has 3 aromatic rings. The van der Waals surface area contributed by atoms with Gasteiger partial charge in [-0.2, -0.15) is 0 Å². The molecule has 0 aromatic heterocycles. The number of phenols is 3. The number of carbonyl (C=O) groups excluding carboxylic acids is 1. The maximum atomic E-state index is 8.63. The van der Waals surface area contributed by atoms with E-state index in [2.05, 4.69) is 0 Å². The van der Waals surface area contributed by atoms with Gasteiger partial charge in [-0.3, -0.25) is 0 Å². The van der Waals surface area contributed by atoms with E-state index in [-0.39, 0.29) is 103 Å². The molecule has 27 heavy (non-hydrogen) atoms. The van der Waals surface area contributed by atoms with Gasteiger partial charge >= 0.3 is 103 Å². The van der Waals surface area contributed by atoms with Gasteiger partial charge in [-0.05, 0) is 42.6 Å². The smallest absolute Gasteiger partial charge is 0.652 e. The van der Waals surface area contributed by atoms with Crippen LogP contribution in [0.2, 0.25) is 0 Å². The fourth-order valence-electron chi connectivity index (χ4n) is 1.28. The number of para-hydroxylation sites is 3. The van der Waals surface area contributed by atoms with Gasteiger partial charge in [0.15, 0.2) is 0 Å². The number of hydrogen-bond donors (Lipinski definition) is 3. The van der Waals surface area contributed by atoms with Gasteiger partial charge in [-0.15, -0.1) is 0 Å². The second-order valence-corrected chi connectivity index (χ2v) is 4.26. The maximum Gasteiger partial charge on any atom is 1.00 e. The molecule has 0 aliphatic rings. The van der Waals surface area contributed by atoms with Crippen LogP contribution in [-0.4, -0.2) is 21.5 Å². The molecule has 0 aliphatic heterocycles. The third-order valence-corrected chi connectivity index (χ3v) is 2.27. The summed E-state index contributed by atoms with van der Waals surface area (Å²) in [5, 5.41) is 42.6. The molecule has 0 bridgehead atoms. The third-order valence-electron chi connectivity index (χ3n) is 2.27. The van der Waals surface area contributed by atoms with E-state index in [1.54, 1.807) is 72.8 Å². The van der Waals surface area contributed by atoms with Gasteiger partial charge in [0.1, 0.15) is 17.2 Å². The Morgan fingerprint density at radius 2 is 0.667 bits per heavy atom. The predicted octanol–water partition coefficient (Wildman–Crippen LogP) is -4.26. The van der Waals surface area contributed by atoms with Crippen LogP contribution >= 0.6 is 0 Å². The fourth-order valence-corrected chi connectivity index (χ4v) is 1.28. The zero-order valence-corrected chi connectivity index (χ0v) is 21.5. The zero-order valence-electron chi connectivity index (χ0n) is 15.2. The van der Waals surface area contributed by atoms with E-state index in [1.165, 1.54) is 0 Å². The van der Waals surface area contributed by atoms with Crippen molar-refractivity contribution < 1.29 is 133 Å². The van der Waals surface area contributed by atoms with Crippen LogP contribution in [0.1, 0.15) is 0 Å². The van der Waals surface area contributed by atoms with Crippen molar-refractivity contribution in [3.05, 3.63) is 91.0 Å². The maximum absolute atomic E-state index is 8.63. The molecule has 0 fully saturated rings. The second-order valence-electron chi connectivity index (χ2n) is 4.26. The third kappa shape index (κ3) is 25.6. The van der Waals surface area contributed by atoms with Gasteiger partial charge in [0.25, 0.3) is 0 Å². The number of carboxylic acid groups (broad SMARTS) is 2. The first-order valence-electron chi connectivity index (χ1n) is 7.02. The van der Waals surface area contributed by atoms with Gasteiger partial charge in [-0.1, -0.05) is 54.6 Å². The molecule has 0 radical (unpaired) electrons. The second kappa shape index (κ2) is 21.9. The van der Waals surface area contributed by atoms with Crippen LogP contribution in [0.5, 0.6) is 17.2 Å². The van der Waals surface area contributed by atoms with Gasteiger partial charge < -0.3 is 30.3 Å². The quantitative estimate of drug-likeness (QED) is 0.317. The van der Waals surface area contributed by atoms with E-state index >= 15 is 0 Å². The molecule has 132 valence electrons. The van der Waals surface area contributed by atoms with E-state index in [0.717, 1.165) is 0 Å². The Bertz CT molecular complexity index is 589. The Morgan fingerprint density at radius 3 is 0.741 bits per heavy atom. The summed E-state index contributed by atoms with van der Waals surface area (Å²) in [7, 11) is 0. The molecule has 0 spiro atoms. The van der Waals surface area contributed by atoms with Crippen LogP contribution in [0.15, 0.2) is 91.0 Å². The standard InChI is InChI=1S/3C6H6O.CH2O3.2K/c3*7-6-4-2-1-3-5-6;2-1(3)4;;/h3*1-5,7H;(H2,2,3,4);;/q;;;;2*+1/p-2. The van der Waals surface area contributed by atoms with Crippen molar-refractivity contribution in [1.82, 2.24) is 0 Å². The van der Waals surface area contributed by atoms with Crippen LogP contribution in [-0.2, 0) is 0 Å². The topological polar surface area (TPSA) is 124 Å². The van der Waals surface area contributed by atoms with Crippen molar-refractivity contribution >= 4 is 6.16 Å². The first-order valence-corrected chi connectivity index (χ1v) is 7.02. The molecule has 3 rings (SSSR count). The molecule has 0 heterocycles. The van der Waals surface area contributed by atoms with Crippen molar-refractivity contribution in [1.29, 1.82) is 0 Å². The number of benzene rings is 3. The first-order chi connectivity index (χ1) is 11.9. The number of phenolic OH excluding ortho intramolecular Hbond substituents is 3. The molecule has 0 saturated carbocycles. The molecule has 0 atom stereocenters. The zero-order chi connectivity index (χ0) is 18.9. The number of aromatic hydroxyl groups is 3. The van der Waals surface area contributed by atoms with Crippen LogP contribution < -0.4 is 113 Å². The molecule has 0 amide bonds. The van der Waals surface area contributed by atoms with Gasteiger partial charge in [-0.25, -0.2) is 0 Å². The van der Waals surface area contributed by atoms with Crippen molar-refractivity contribution in [2.24, 2.45) is 0 Å². The van der Waals surface area contributed by atoms with Gasteiger partial charge in [0, 0.05) is 0 Å². The van der Waals surface area contributed by atoms with Gasteiger partial charge in [0.2, 0.25) is 0 Å². The summed E-state index contributed by atoms with van der Waals surface area (Å²) in [4.78, 5) is 8.33. The van der Waals surface area contributed by atoms with E-state index in [1.807, 2.05) is 18.2 Å². The van der Waals surface area contributed by atoms with Crippen LogP contribution in [0.4, 0.5) is 4.79 Å². The fraction of sp³-hybridized carbons (Fsp3) is 0. The minimum absolute atomic E-state index is 0. The molecule has 0 unspecified atom stereocenters. The summed E-state index contributed by atoms with van der Waals surface area (Å²) < 4.78 is 0. The van der Waals surface area contributed by atoms with Crippen molar-refractivity contribution in [2.45, 2.75) is 0 Å². The Morgan fingerprint density at radius 1 is 0.519 bits per heavy atom. The monoisotopic (exact) mass is 420 g/mol. The summed E-state index contributed by atoms with van der Waals surface area (Å²) in [6, 6.07) is 26.1. The Balaban J connectivity index is -0.000000283. The van der Waals surface area contributed by atoms with Crippen molar-refractivity contribution in [2.75, 3.05) is 0 Å². The molecule has 0 aliphatic carbocycles. The summed E-state index contributed by atoms with van der Waals surface area (Å²) in [5.41, 5.74) is 0. The molecule has 3 aromatic carbocycles. The largest absolute Gasteiger partial charge is 1.00 e. The van der Waals surface area contributed by atoms with Gasteiger partial charge in [0.05, 0.1) is 0 Å². The van der Waals surface area contributed by atoms with Crippen LogP contribution in [0, 0.1) is 0 Å². The molecule has 8 heteroatoms. The predicted molar refractivity (Wildman–Crippen MR) is 89.7 cm³/mol. The number of hydrogen-bond acceptors (Lipinski definition) is 6. The molecule has 6 nitrogen and oxygen atoms in total. The average Bonchev–Trinajstić information content (AvgIpc) is 2.58. The summed E-state index contributed by atoms with van der Waals surface area (Å²) >= 11 is 0. The first kappa shape index (κ1) is 31.3. The van der Waals surface area contributed by atoms with E-state index in [4.69, 9.17) is 30.3 Å². The SMILES string of the molecule is O=C([O-])[O-].Oc1ccccc1.Oc1ccccc1.Oc1ccccc1.[K+].[K+]. The number of carbonyl (C=O) groups is 1. The summed E-state index contributed by atoms with van der Waals surface area (Å²) in [5.74, 6) is 0.965. The summed E-state index contributed by atoms with van der Waals surface area (Å²) in [6.07, 6.45) is -2.33. The molecule has 0 saturated heterocycles. The Hall–Kier alpha value is -0.397. The molecular weight excluding hydrogens is 402 g/mol.